The Hall–Kier alpha value is -0.690. The summed E-state index contributed by atoms with van der Waals surface area (Å²) in [7, 11) is -3.56. The van der Waals surface area contributed by atoms with E-state index < -0.39 is 10.0 Å². The van der Waals surface area contributed by atoms with Crippen molar-refractivity contribution in [3.8, 4) is 0 Å². The van der Waals surface area contributed by atoms with Crippen LogP contribution < -0.4 is 10.5 Å². The van der Waals surface area contributed by atoms with Gasteiger partial charge >= 0.3 is 0 Å². The molecule has 0 saturated heterocycles. The zero-order chi connectivity index (χ0) is 13.9. The average molecular weight is 307 g/mol. The van der Waals surface area contributed by atoms with Crippen LogP contribution in [-0.4, -0.2) is 19.4 Å². The van der Waals surface area contributed by atoms with Crippen LogP contribution in [0.25, 0.3) is 0 Å². The molecule has 0 aliphatic heterocycles. The van der Waals surface area contributed by atoms with Gasteiger partial charge in [0.15, 0.2) is 0 Å². The highest BCUT2D eigenvalue weighted by atomic mass is 35.5. The molecule has 0 aromatic heterocycles. The summed E-state index contributed by atoms with van der Waals surface area (Å²) in [5.74, 6) is 0. The number of hydrogen-bond acceptors (Lipinski definition) is 3. The van der Waals surface area contributed by atoms with E-state index in [9.17, 15) is 8.42 Å². The Morgan fingerprint density at radius 2 is 2.17 bits per heavy atom. The highest BCUT2D eigenvalue weighted by molar-refractivity contribution is 7.89. The summed E-state index contributed by atoms with van der Waals surface area (Å²) >= 11 is 10.7. The zero-order valence-corrected chi connectivity index (χ0v) is 12.5. The van der Waals surface area contributed by atoms with Crippen LogP contribution in [0, 0.1) is 0 Å². The maximum Gasteiger partial charge on any atom is 0.240 e. The molecule has 1 rings (SSSR count). The molecular formula is C11H15ClN2O2S2. The van der Waals surface area contributed by atoms with Crippen LogP contribution in [0.5, 0.6) is 0 Å². The third-order valence-corrected chi connectivity index (χ3v) is 4.60. The first-order valence-electron chi connectivity index (χ1n) is 5.39. The van der Waals surface area contributed by atoms with E-state index in [2.05, 4.69) is 4.72 Å². The van der Waals surface area contributed by atoms with Gasteiger partial charge in [-0.25, -0.2) is 13.1 Å². The molecule has 0 radical (unpaired) electrons. The molecule has 0 saturated carbocycles. The second kappa shape index (κ2) is 5.97. The number of nitrogens with two attached hydrogens (primary N) is 1. The molecule has 1 aromatic carbocycles. The van der Waals surface area contributed by atoms with Gasteiger partial charge in [-0.1, -0.05) is 30.7 Å². The van der Waals surface area contributed by atoms with Gasteiger partial charge in [-0.15, -0.1) is 0 Å². The Morgan fingerprint density at radius 3 is 2.61 bits per heavy atom. The van der Waals surface area contributed by atoms with Gasteiger partial charge in [0, 0.05) is 11.6 Å². The summed E-state index contributed by atoms with van der Waals surface area (Å²) in [6.07, 6.45) is 0.706. The lowest BCUT2D eigenvalue weighted by Gasteiger charge is -2.13. The summed E-state index contributed by atoms with van der Waals surface area (Å²) in [4.78, 5) is 0.242. The molecule has 3 N–H and O–H groups in total. The number of hydrogen-bond donors (Lipinski definition) is 2. The number of sulfonamides is 1. The first-order valence-corrected chi connectivity index (χ1v) is 7.66. The van der Waals surface area contributed by atoms with E-state index in [4.69, 9.17) is 29.6 Å². The molecule has 100 valence electrons. The number of benzene rings is 1. The van der Waals surface area contributed by atoms with Crippen molar-refractivity contribution in [2.24, 2.45) is 5.73 Å². The Morgan fingerprint density at radius 1 is 1.56 bits per heavy atom. The second-order valence-corrected chi connectivity index (χ2v) is 6.50. The van der Waals surface area contributed by atoms with Gasteiger partial charge in [-0.05, 0) is 31.5 Å². The fraction of sp³-hybridized carbons (Fsp3) is 0.364. The quantitative estimate of drug-likeness (QED) is 0.817. The number of nitrogens with one attached hydrogen (secondary N) is 1. The van der Waals surface area contributed by atoms with E-state index in [0.29, 0.717) is 12.0 Å². The van der Waals surface area contributed by atoms with Crippen LogP contribution >= 0.6 is 23.8 Å². The van der Waals surface area contributed by atoms with Crippen LogP contribution in [-0.2, 0) is 10.0 Å². The third kappa shape index (κ3) is 3.65. The first-order chi connectivity index (χ1) is 8.27. The molecule has 0 spiro atoms. The molecule has 18 heavy (non-hydrogen) atoms. The van der Waals surface area contributed by atoms with Crippen molar-refractivity contribution in [2.45, 2.75) is 31.2 Å². The van der Waals surface area contributed by atoms with E-state index in [1.165, 1.54) is 18.2 Å². The van der Waals surface area contributed by atoms with E-state index >= 15 is 0 Å². The monoisotopic (exact) mass is 306 g/mol. The molecule has 1 aromatic rings. The topological polar surface area (TPSA) is 72.2 Å². The number of thiocarbonyl (C=S) groups is 1. The molecule has 4 nitrogen and oxygen atoms in total. The van der Waals surface area contributed by atoms with Gasteiger partial charge in [0.1, 0.15) is 4.99 Å². The molecule has 0 amide bonds. The SMILES string of the molecule is CCC(C)NS(=O)(=O)c1ccc(C(N)=S)c(Cl)c1. The molecule has 0 bridgehead atoms. The van der Waals surface area contributed by atoms with Crippen LogP contribution in [0.1, 0.15) is 25.8 Å². The van der Waals surface area contributed by atoms with E-state index in [1.54, 1.807) is 6.92 Å². The standard InChI is InChI=1S/C11H15ClN2O2S2/c1-3-7(2)14-18(15,16)8-4-5-9(11(13)17)10(12)6-8/h4-7,14H,3H2,1-2H3,(H2,13,17). The van der Waals surface area contributed by atoms with Gasteiger partial charge < -0.3 is 5.73 Å². The van der Waals surface area contributed by atoms with Crippen LogP contribution in [0.15, 0.2) is 23.1 Å². The Kier molecular flexibility index (Phi) is 5.10. The molecule has 1 unspecified atom stereocenters. The van der Waals surface area contributed by atoms with E-state index in [1.807, 2.05) is 6.92 Å². The predicted octanol–water partition coefficient (Wildman–Crippen LogP) is 2.05. The fourth-order valence-electron chi connectivity index (χ4n) is 1.28. The second-order valence-electron chi connectivity index (χ2n) is 3.94. The first kappa shape index (κ1) is 15.4. The summed E-state index contributed by atoms with van der Waals surface area (Å²) in [6, 6.07) is 4.16. The minimum atomic E-state index is -3.56. The van der Waals surface area contributed by atoms with Crippen LogP contribution in [0.2, 0.25) is 5.02 Å². The van der Waals surface area contributed by atoms with E-state index in [0.717, 1.165) is 0 Å². The fourth-order valence-corrected chi connectivity index (χ4v) is 3.21. The summed E-state index contributed by atoms with van der Waals surface area (Å²) in [6.45, 7) is 3.69. The smallest absolute Gasteiger partial charge is 0.240 e. The summed E-state index contributed by atoms with van der Waals surface area (Å²) in [5, 5.41) is 0.231. The van der Waals surface area contributed by atoms with Crippen molar-refractivity contribution < 1.29 is 8.42 Å². The zero-order valence-electron chi connectivity index (χ0n) is 10.1. The maximum absolute atomic E-state index is 12.0. The molecule has 0 fully saturated rings. The van der Waals surface area contributed by atoms with Crippen molar-refractivity contribution in [1.29, 1.82) is 0 Å². The lowest BCUT2D eigenvalue weighted by Crippen LogP contribution is -2.32. The van der Waals surface area contributed by atoms with Gasteiger partial charge in [0.05, 0.1) is 9.92 Å². The van der Waals surface area contributed by atoms with Crippen molar-refractivity contribution in [2.75, 3.05) is 0 Å². The van der Waals surface area contributed by atoms with Crippen LogP contribution in [0.4, 0.5) is 0 Å². The minimum Gasteiger partial charge on any atom is -0.389 e. The van der Waals surface area contributed by atoms with Gasteiger partial charge in [0.25, 0.3) is 0 Å². The minimum absolute atomic E-state index is 0.104. The molecule has 0 heterocycles. The van der Waals surface area contributed by atoms with Crippen molar-refractivity contribution in [1.82, 2.24) is 4.72 Å². The Balaban J connectivity index is 3.12. The highest BCUT2D eigenvalue weighted by Gasteiger charge is 2.18. The summed E-state index contributed by atoms with van der Waals surface area (Å²) < 4.78 is 26.5. The Bertz CT molecular complexity index is 558. The van der Waals surface area contributed by atoms with Crippen molar-refractivity contribution in [3.63, 3.8) is 0 Å². The average Bonchev–Trinajstić information content (AvgIpc) is 2.27. The maximum atomic E-state index is 12.0. The summed E-state index contributed by atoms with van der Waals surface area (Å²) in [5.41, 5.74) is 5.92. The lowest BCUT2D eigenvalue weighted by atomic mass is 10.2. The predicted molar refractivity (Wildman–Crippen MR) is 77.4 cm³/mol. The van der Waals surface area contributed by atoms with Crippen molar-refractivity contribution >= 4 is 38.8 Å². The van der Waals surface area contributed by atoms with E-state index in [-0.39, 0.29) is 20.9 Å². The highest BCUT2D eigenvalue weighted by Crippen LogP contribution is 2.21. The van der Waals surface area contributed by atoms with Gasteiger partial charge in [-0.3, -0.25) is 0 Å². The number of rotatable bonds is 5. The van der Waals surface area contributed by atoms with Crippen LogP contribution in [0.3, 0.4) is 0 Å². The molecule has 1 atom stereocenters. The normalized spacial score (nSPS) is 13.3. The largest absolute Gasteiger partial charge is 0.389 e. The van der Waals surface area contributed by atoms with Gasteiger partial charge in [0.2, 0.25) is 10.0 Å². The third-order valence-electron chi connectivity index (χ3n) is 2.49. The molecule has 0 aliphatic rings. The van der Waals surface area contributed by atoms with Crippen molar-refractivity contribution in [3.05, 3.63) is 28.8 Å². The Labute approximate surface area is 118 Å². The molecular weight excluding hydrogens is 292 g/mol. The number of halogens is 1. The lowest BCUT2D eigenvalue weighted by molar-refractivity contribution is 0.556. The van der Waals surface area contributed by atoms with Gasteiger partial charge in [-0.2, -0.15) is 0 Å². The molecule has 0 aliphatic carbocycles. The molecule has 7 heteroatoms.